The lowest BCUT2D eigenvalue weighted by molar-refractivity contribution is -0.0712. The molecule has 0 bridgehead atoms. The third-order valence-corrected chi connectivity index (χ3v) is 3.77. The average Bonchev–Trinajstić information content (AvgIpc) is 2.27. The molecule has 17 heavy (non-hydrogen) atoms. The molecule has 0 aromatic carbocycles. The molecule has 0 aromatic rings. The number of nitriles is 1. The van der Waals surface area contributed by atoms with E-state index in [1.807, 2.05) is 6.07 Å². The van der Waals surface area contributed by atoms with Crippen molar-refractivity contribution in [2.75, 3.05) is 6.86 Å². The number of halogens is 1. The van der Waals surface area contributed by atoms with Crippen molar-refractivity contribution >= 4 is 10.0 Å². The molecule has 2 atom stereocenters. The fraction of sp³-hybridized carbons (Fsp3) is 0.500. The number of primary sulfonamides is 1. The normalized spacial score (nSPS) is 28.6. The highest BCUT2D eigenvalue weighted by atomic mass is 32.2. The summed E-state index contributed by atoms with van der Waals surface area (Å²) in [7, 11) is -4.00. The first-order valence-electron chi connectivity index (χ1n) is 4.93. The van der Waals surface area contributed by atoms with Gasteiger partial charge in [0, 0.05) is 0 Å². The third-order valence-electron chi connectivity index (χ3n) is 2.75. The van der Waals surface area contributed by atoms with Crippen LogP contribution in [0, 0.1) is 17.2 Å². The minimum Gasteiger partial charge on any atom is -0.338 e. The van der Waals surface area contributed by atoms with Gasteiger partial charge in [-0.05, 0) is 12.5 Å². The Morgan fingerprint density at radius 2 is 2.35 bits per heavy atom. The highest BCUT2D eigenvalue weighted by Gasteiger charge is 2.43. The van der Waals surface area contributed by atoms with Gasteiger partial charge in [0.05, 0.1) is 11.0 Å². The number of rotatable bonds is 4. The lowest BCUT2D eigenvalue weighted by atomic mass is 9.82. The summed E-state index contributed by atoms with van der Waals surface area (Å²) < 4.78 is 40.0. The molecule has 0 aliphatic heterocycles. The molecule has 0 radical (unpaired) electrons. The van der Waals surface area contributed by atoms with Crippen LogP contribution in [0.3, 0.4) is 0 Å². The van der Waals surface area contributed by atoms with Crippen molar-refractivity contribution in [3.05, 3.63) is 23.1 Å². The van der Waals surface area contributed by atoms with Gasteiger partial charge in [0.25, 0.3) is 0 Å². The van der Waals surface area contributed by atoms with Crippen molar-refractivity contribution < 1.29 is 17.5 Å². The SMILES string of the molecule is CCC1(OCF)C=CC=C(S(N)(=O)=O)C1C#N. The molecular weight excluding hydrogens is 247 g/mol. The summed E-state index contributed by atoms with van der Waals surface area (Å²) in [6, 6.07) is 1.82. The molecule has 0 saturated carbocycles. The molecule has 0 heterocycles. The second kappa shape index (κ2) is 4.96. The first kappa shape index (κ1) is 13.8. The summed E-state index contributed by atoms with van der Waals surface area (Å²) in [4.78, 5) is -0.252. The molecule has 0 fully saturated rings. The molecule has 5 nitrogen and oxygen atoms in total. The van der Waals surface area contributed by atoms with Gasteiger partial charge in [-0.15, -0.1) is 0 Å². The van der Waals surface area contributed by atoms with Crippen molar-refractivity contribution in [1.82, 2.24) is 0 Å². The predicted octanol–water partition coefficient (Wildman–Crippen LogP) is 0.961. The van der Waals surface area contributed by atoms with E-state index in [2.05, 4.69) is 0 Å². The molecule has 0 spiro atoms. The van der Waals surface area contributed by atoms with Gasteiger partial charge in [0.2, 0.25) is 10.0 Å². The van der Waals surface area contributed by atoms with E-state index in [0.29, 0.717) is 0 Å². The molecule has 94 valence electrons. The van der Waals surface area contributed by atoms with Crippen LogP contribution >= 0.6 is 0 Å². The fourth-order valence-corrected chi connectivity index (χ4v) is 2.68. The smallest absolute Gasteiger partial charge is 0.235 e. The summed E-state index contributed by atoms with van der Waals surface area (Å²) >= 11 is 0. The Kier molecular flexibility index (Phi) is 4.03. The van der Waals surface area contributed by atoms with Crippen molar-refractivity contribution in [2.45, 2.75) is 18.9 Å². The van der Waals surface area contributed by atoms with Gasteiger partial charge in [-0.1, -0.05) is 19.1 Å². The van der Waals surface area contributed by atoms with Gasteiger partial charge in [-0.3, -0.25) is 0 Å². The fourth-order valence-electron chi connectivity index (χ4n) is 1.83. The molecule has 0 saturated heterocycles. The van der Waals surface area contributed by atoms with E-state index < -0.39 is 28.4 Å². The molecule has 7 heteroatoms. The monoisotopic (exact) mass is 260 g/mol. The van der Waals surface area contributed by atoms with Crippen molar-refractivity contribution in [1.29, 1.82) is 5.26 Å². The zero-order chi connectivity index (χ0) is 13.1. The van der Waals surface area contributed by atoms with Gasteiger partial charge in [-0.2, -0.15) is 5.26 Å². The minimum atomic E-state index is -4.00. The molecule has 2 N–H and O–H groups in total. The maximum absolute atomic E-state index is 12.4. The highest BCUT2D eigenvalue weighted by molar-refractivity contribution is 7.93. The number of allylic oxidation sites excluding steroid dienone is 2. The Labute approximate surface area is 99.4 Å². The Hall–Kier alpha value is -1.23. The van der Waals surface area contributed by atoms with Gasteiger partial charge in [0.15, 0.2) is 6.86 Å². The summed E-state index contributed by atoms with van der Waals surface area (Å²) in [5, 5.41) is 14.1. The Morgan fingerprint density at radius 1 is 1.71 bits per heavy atom. The Bertz CT molecular complexity index is 492. The molecule has 0 aromatic heterocycles. The number of hydrogen-bond donors (Lipinski definition) is 1. The summed E-state index contributed by atoms with van der Waals surface area (Å²) in [6.07, 6.45) is 4.39. The number of ether oxygens (including phenoxy) is 1. The second-order valence-corrected chi connectivity index (χ2v) is 5.16. The topological polar surface area (TPSA) is 93.2 Å². The van der Waals surface area contributed by atoms with Crippen LogP contribution in [0.5, 0.6) is 0 Å². The van der Waals surface area contributed by atoms with Crippen LogP contribution in [0.25, 0.3) is 0 Å². The van der Waals surface area contributed by atoms with E-state index in [1.165, 1.54) is 18.2 Å². The summed E-state index contributed by atoms with van der Waals surface area (Å²) in [6.45, 7) is 0.574. The number of hydrogen-bond acceptors (Lipinski definition) is 4. The van der Waals surface area contributed by atoms with E-state index in [4.69, 9.17) is 15.1 Å². The standard InChI is InChI=1S/C10H13FN2O3S/c1-2-10(16-7-11)5-3-4-9(8(10)6-12)17(13,14)15/h3-5,8H,2,7H2,1H3,(H2,13,14,15). The maximum atomic E-state index is 12.4. The molecule has 0 amide bonds. The summed E-state index contributed by atoms with van der Waals surface area (Å²) in [5.41, 5.74) is -1.28. The first-order chi connectivity index (χ1) is 7.91. The zero-order valence-corrected chi connectivity index (χ0v) is 10.1. The number of alkyl halides is 1. The van der Waals surface area contributed by atoms with Gasteiger partial charge in [0.1, 0.15) is 11.5 Å². The number of sulfonamides is 1. The lowest BCUT2D eigenvalue weighted by Crippen LogP contribution is -2.42. The average molecular weight is 260 g/mol. The van der Waals surface area contributed by atoms with Crippen LogP contribution in [0.4, 0.5) is 4.39 Å². The van der Waals surface area contributed by atoms with Crippen LogP contribution in [-0.2, 0) is 14.8 Å². The zero-order valence-electron chi connectivity index (χ0n) is 9.26. The lowest BCUT2D eigenvalue weighted by Gasteiger charge is -2.35. The molecule has 1 rings (SSSR count). The number of nitrogens with zero attached hydrogens (tertiary/aromatic N) is 1. The van der Waals surface area contributed by atoms with Crippen LogP contribution in [0.15, 0.2) is 23.1 Å². The van der Waals surface area contributed by atoms with Gasteiger partial charge >= 0.3 is 0 Å². The molecule has 2 unspecified atom stereocenters. The first-order valence-corrected chi connectivity index (χ1v) is 6.47. The van der Waals surface area contributed by atoms with Crippen molar-refractivity contribution in [3.8, 4) is 6.07 Å². The van der Waals surface area contributed by atoms with Crippen molar-refractivity contribution in [2.24, 2.45) is 11.1 Å². The Morgan fingerprint density at radius 3 is 2.76 bits per heavy atom. The second-order valence-electron chi connectivity index (χ2n) is 3.60. The van der Waals surface area contributed by atoms with E-state index in [9.17, 15) is 12.8 Å². The minimum absolute atomic E-state index is 0.252. The van der Waals surface area contributed by atoms with E-state index in [1.54, 1.807) is 6.92 Å². The predicted molar refractivity (Wildman–Crippen MR) is 59.5 cm³/mol. The van der Waals surface area contributed by atoms with Gasteiger partial charge in [-0.25, -0.2) is 17.9 Å². The van der Waals surface area contributed by atoms with Crippen LogP contribution in [0.2, 0.25) is 0 Å². The number of nitrogens with two attached hydrogens (primary N) is 1. The molecule has 1 aliphatic rings. The quantitative estimate of drug-likeness (QED) is 0.814. The Balaban J connectivity index is 3.29. The van der Waals surface area contributed by atoms with E-state index in [0.717, 1.165) is 0 Å². The van der Waals surface area contributed by atoms with E-state index in [-0.39, 0.29) is 11.3 Å². The highest BCUT2D eigenvalue weighted by Crippen LogP contribution is 2.37. The molecular formula is C10H13FN2O3S. The maximum Gasteiger partial charge on any atom is 0.235 e. The summed E-state index contributed by atoms with van der Waals surface area (Å²) in [5.74, 6) is -1.14. The largest absolute Gasteiger partial charge is 0.338 e. The van der Waals surface area contributed by atoms with Crippen LogP contribution in [-0.4, -0.2) is 20.9 Å². The van der Waals surface area contributed by atoms with Crippen LogP contribution < -0.4 is 5.14 Å². The third kappa shape index (κ3) is 2.54. The van der Waals surface area contributed by atoms with Crippen molar-refractivity contribution in [3.63, 3.8) is 0 Å². The van der Waals surface area contributed by atoms with Crippen LogP contribution in [0.1, 0.15) is 13.3 Å². The van der Waals surface area contributed by atoms with E-state index >= 15 is 0 Å². The van der Waals surface area contributed by atoms with Gasteiger partial charge < -0.3 is 4.74 Å². The molecule has 1 aliphatic carbocycles.